The zero-order valence-corrected chi connectivity index (χ0v) is 23.7. The molecule has 1 heterocycles. The van der Waals surface area contributed by atoms with Crippen molar-refractivity contribution >= 4 is 43.2 Å². The Bertz CT molecular complexity index is 1400. The van der Waals surface area contributed by atoms with Crippen LogP contribution in [0.4, 0.5) is 18.9 Å². The van der Waals surface area contributed by atoms with Gasteiger partial charge in [-0.25, -0.2) is 8.42 Å². The predicted molar refractivity (Wildman–Crippen MR) is 145 cm³/mol. The molecule has 1 aliphatic heterocycles. The van der Waals surface area contributed by atoms with Crippen molar-refractivity contribution in [1.29, 1.82) is 0 Å². The van der Waals surface area contributed by atoms with Gasteiger partial charge >= 0.3 is 6.36 Å². The molecule has 1 saturated heterocycles. The molecule has 39 heavy (non-hydrogen) atoms. The van der Waals surface area contributed by atoms with Crippen LogP contribution in [0.25, 0.3) is 0 Å². The first-order valence-corrected chi connectivity index (χ1v) is 14.5. The molecule has 0 saturated carbocycles. The Labute approximate surface area is 237 Å². The summed E-state index contributed by atoms with van der Waals surface area (Å²) in [4.78, 5) is 1.60. The second-order valence-electron chi connectivity index (χ2n) is 8.82. The number of sulfonamides is 1. The van der Waals surface area contributed by atoms with E-state index in [1.54, 1.807) is 12.1 Å². The third-order valence-corrected chi connectivity index (χ3v) is 8.71. The molecule has 0 aromatic heterocycles. The van der Waals surface area contributed by atoms with Gasteiger partial charge in [-0.2, -0.15) is 0 Å². The number of anilines is 1. The lowest BCUT2D eigenvalue weighted by molar-refractivity contribution is -0.275. The molecule has 0 atom stereocenters. The molecule has 1 N–H and O–H groups in total. The smallest absolute Gasteiger partial charge is 0.508 e. The summed E-state index contributed by atoms with van der Waals surface area (Å²) in [5, 5.41) is 9.79. The monoisotopic (exact) mass is 648 g/mol. The van der Waals surface area contributed by atoms with Crippen molar-refractivity contribution in [2.24, 2.45) is 0 Å². The average molecular weight is 650 g/mol. The van der Waals surface area contributed by atoms with E-state index in [1.807, 2.05) is 0 Å². The molecule has 4 rings (SSSR count). The van der Waals surface area contributed by atoms with E-state index in [0.29, 0.717) is 17.9 Å². The van der Waals surface area contributed by atoms with Gasteiger partial charge in [0.2, 0.25) is 0 Å². The minimum atomic E-state index is -5.12. The average Bonchev–Trinajstić information content (AvgIpc) is 3.36. The van der Waals surface area contributed by atoms with E-state index in [0.717, 1.165) is 48.9 Å². The first-order valence-electron chi connectivity index (χ1n) is 11.9. The van der Waals surface area contributed by atoms with Gasteiger partial charge in [0.25, 0.3) is 10.0 Å². The third-order valence-electron chi connectivity index (χ3n) is 6.05. The van der Waals surface area contributed by atoms with Crippen LogP contribution in [0, 0.1) is 0 Å². The van der Waals surface area contributed by atoms with Crippen LogP contribution in [-0.4, -0.2) is 51.0 Å². The highest BCUT2D eigenvalue weighted by Gasteiger charge is 2.36. The molecular weight excluding hydrogens is 625 g/mol. The van der Waals surface area contributed by atoms with E-state index < -0.39 is 27.0 Å². The number of hydrogen-bond acceptors (Lipinski definition) is 6. The van der Waals surface area contributed by atoms with Gasteiger partial charge in [-0.15, -0.1) is 13.2 Å². The van der Waals surface area contributed by atoms with E-state index in [9.17, 15) is 26.7 Å². The van der Waals surface area contributed by atoms with Gasteiger partial charge in [0.1, 0.15) is 23.0 Å². The number of alkyl halides is 3. The standard InChI is InChI=1S/C26H25BrClF3N2O5S/c27-19-4-10-25(24(15-19)38-26(29,30)31)39(35,36)33(17-18-3-7-21(34)16-23(18)28)20-5-8-22(9-6-20)37-14-13-32-11-1-2-12-32/h3-10,15-16,34H,1-2,11-14,17H2. The molecule has 3 aromatic rings. The number of likely N-dealkylation sites (tertiary alicyclic amines) is 1. The fourth-order valence-corrected chi connectivity index (χ4v) is 6.28. The lowest BCUT2D eigenvalue weighted by Crippen LogP contribution is -2.31. The number of aromatic hydroxyl groups is 1. The van der Waals surface area contributed by atoms with Gasteiger partial charge in [0, 0.05) is 16.0 Å². The largest absolute Gasteiger partial charge is 0.573 e. The van der Waals surface area contributed by atoms with E-state index in [-0.39, 0.29) is 27.5 Å². The first-order chi connectivity index (χ1) is 18.4. The van der Waals surface area contributed by atoms with Crippen molar-refractivity contribution in [2.45, 2.75) is 30.6 Å². The molecule has 0 bridgehead atoms. The van der Waals surface area contributed by atoms with Crippen LogP contribution in [0.5, 0.6) is 17.2 Å². The van der Waals surface area contributed by atoms with Crippen molar-refractivity contribution in [3.05, 3.63) is 75.7 Å². The minimum absolute atomic E-state index is 0.0830. The second kappa shape index (κ2) is 12.2. The van der Waals surface area contributed by atoms with E-state index in [1.165, 1.54) is 36.4 Å². The Hall–Kier alpha value is -2.67. The van der Waals surface area contributed by atoms with Crippen LogP contribution in [0.3, 0.4) is 0 Å². The number of hydrogen-bond donors (Lipinski definition) is 1. The van der Waals surface area contributed by atoms with Crippen LogP contribution in [0.2, 0.25) is 5.02 Å². The molecule has 0 radical (unpaired) electrons. The fraction of sp³-hybridized carbons (Fsp3) is 0.308. The van der Waals surface area contributed by atoms with Gasteiger partial charge in [-0.3, -0.25) is 9.21 Å². The number of benzene rings is 3. The van der Waals surface area contributed by atoms with Gasteiger partial charge in [0.15, 0.2) is 5.75 Å². The summed E-state index contributed by atoms with van der Waals surface area (Å²) in [6, 6.07) is 13.5. The molecule has 1 fully saturated rings. The van der Waals surface area contributed by atoms with Crippen molar-refractivity contribution in [2.75, 3.05) is 30.5 Å². The van der Waals surface area contributed by atoms with E-state index in [4.69, 9.17) is 16.3 Å². The Morgan fingerprint density at radius 1 is 1.03 bits per heavy atom. The van der Waals surface area contributed by atoms with Crippen molar-refractivity contribution in [3.63, 3.8) is 0 Å². The lowest BCUT2D eigenvalue weighted by Gasteiger charge is -2.26. The summed E-state index contributed by atoms with van der Waals surface area (Å²) < 4.78 is 78.2. The van der Waals surface area contributed by atoms with Gasteiger partial charge in [-0.05, 0) is 86.1 Å². The topological polar surface area (TPSA) is 79.3 Å². The maximum Gasteiger partial charge on any atom is 0.573 e. The molecule has 210 valence electrons. The third kappa shape index (κ3) is 7.71. The zero-order valence-electron chi connectivity index (χ0n) is 20.5. The Balaban J connectivity index is 1.67. The SMILES string of the molecule is O=S(=O)(c1ccc(Br)cc1OC(F)(F)F)N(Cc1ccc(O)cc1Cl)c1ccc(OCCN2CCCC2)cc1. The first kappa shape index (κ1) is 29.3. The van der Waals surface area contributed by atoms with Crippen LogP contribution in [0.1, 0.15) is 18.4 Å². The maximum atomic E-state index is 13.9. The van der Waals surface area contributed by atoms with Crippen LogP contribution < -0.4 is 13.8 Å². The highest BCUT2D eigenvalue weighted by atomic mass is 79.9. The normalized spacial score (nSPS) is 14.4. The number of nitrogens with zero attached hydrogens (tertiary/aromatic N) is 2. The predicted octanol–water partition coefficient (Wildman–Crippen LogP) is 6.58. The highest BCUT2D eigenvalue weighted by Crippen LogP contribution is 2.37. The summed E-state index contributed by atoms with van der Waals surface area (Å²) in [6.07, 6.45) is -2.79. The molecule has 0 spiro atoms. The number of phenols is 1. The van der Waals surface area contributed by atoms with Crippen LogP contribution >= 0.6 is 27.5 Å². The molecule has 0 aliphatic carbocycles. The maximum absolute atomic E-state index is 13.9. The van der Waals surface area contributed by atoms with E-state index in [2.05, 4.69) is 25.6 Å². The minimum Gasteiger partial charge on any atom is -0.508 e. The molecule has 0 unspecified atom stereocenters. The van der Waals surface area contributed by atoms with Crippen molar-refractivity contribution in [3.8, 4) is 17.2 Å². The lowest BCUT2D eigenvalue weighted by atomic mass is 10.2. The molecule has 7 nitrogen and oxygen atoms in total. The van der Waals surface area contributed by atoms with Gasteiger partial charge in [-0.1, -0.05) is 33.6 Å². The fourth-order valence-electron chi connectivity index (χ4n) is 4.16. The van der Waals surface area contributed by atoms with Gasteiger partial charge in [0.05, 0.1) is 12.2 Å². The highest BCUT2D eigenvalue weighted by molar-refractivity contribution is 9.10. The van der Waals surface area contributed by atoms with Crippen molar-refractivity contribution < 1.29 is 36.2 Å². The zero-order chi connectivity index (χ0) is 28.2. The summed E-state index contributed by atoms with van der Waals surface area (Å²) >= 11 is 9.31. The van der Waals surface area contributed by atoms with E-state index >= 15 is 0 Å². The van der Waals surface area contributed by atoms with Crippen molar-refractivity contribution in [1.82, 2.24) is 4.90 Å². The summed E-state index contributed by atoms with van der Waals surface area (Å²) in [6.45, 7) is 2.96. The summed E-state index contributed by atoms with van der Waals surface area (Å²) in [7, 11) is -4.62. The molecule has 3 aromatic carbocycles. The Kier molecular flexibility index (Phi) is 9.20. The number of ether oxygens (including phenoxy) is 2. The molecule has 13 heteroatoms. The molecular formula is C26H25BrClF3N2O5S. The number of phenolic OH excluding ortho intramolecular Hbond substituents is 1. The van der Waals surface area contributed by atoms with Crippen LogP contribution in [0.15, 0.2) is 70.0 Å². The number of rotatable bonds is 10. The van der Waals surface area contributed by atoms with Gasteiger partial charge < -0.3 is 14.6 Å². The summed E-state index contributed by atoms with van der Waals surface area (Å²) in [5.41, 5.74) is 0.478. The summed E-state index contributed by atoms with van der Waals surface area (Å²) in [5.74, 6) is -0.495. The Morgan fingerprint density at radius 2 is 1.72 bits per heavy atom. The number of halogens is 5. The Morgan fingerprint density at radius 3 is 2.36 bits per heavy atom. The quantitative estimate of drug-likeness (QED) is 0.268. The molecule has 0 amide bonds. The van der Waals surface area contributed by atoms with Crippen LogP contribution in [-0.2, 0) is 16.6 Å². The molecule has 1 aliphatic rings. The second-order valence-corrected chi connectivity index (χ2v) is 12.0.